The van der Waals surface area contributed by atoms with Gasteiger partial charge in [-0.15, -0.1) is 6.58 Å². The summed E-state index contributed by atoms with van der Waals surface area (Å²) in [7, 11) is 0. The van der Waals surface area contributed by atoms with E-state index in [0.717, 1.165) is 5.75 Å². The lowest BCUT2D eigenvalue weighted by Gasteiger charge is -2.19. The molecule has 0 aliphatic carbocycles. The molecule has 0 heterocycles. The van der Waals surface area contributed by atoms with Gasteiger partial charge in [0.05, 0.1) is 19.5 Å². The third-order valence-electron chi connectivity index (χ3n) is 1.14. The zero-order chi connectivity index (χ0) is 10.9. The molecule has 6 heteroatoms. The normalized spacial score (nSPS) is 15.3. The van der Waals surface area contributed by atoms with Crippen LogP contribution in [0.5, 0.6) is 0 Å². The zero-order valence-corrected chi connectivity index (χ0v) is 11.1. The number of rotatable bonds is 8. The quantitative estimate of drug-likeness (QED) is 0.312. The van der Waals surface area contributed by atoms with Crippen LogP contribution in [0.3, 0.4) is 0 Å². The van der Waals surface area contributed by atoms with Gasteiger partial charge in [0, 0.05) is 0 Å². The van der Waals surface area contributed by atoms with Crippen LogP contribution >= 0.6 is 17.0 Å². The molecule has 0 rings (SSSR count). The van der Waals surface area contributed by atoms with E-state index in [9.17, 15) is 0 Å². The Morgan fingerprint density at radius 1 is 1.64 bits per heavy atom. The molecule has 0 radical (unpaired) electrons. The second-order valence-electron chi connectivity index (χ2n) is 2.25. The number of hydrogen-bond donors (Lipinski definition) is 1. The van der Waals surface area contributed by atoms with Crippen molar-refractivity contribution in [3.8, 4) is 0 Å². The Balaban J connectivity index is 4.07. The maximum atomic E-state index is 5.51. The van der Waals surface area contributed by atoms with Crippen molar-refractivity contribution in [2.75, 3.05) is 18.9 Å². The van der Waals surface area contributed by atoms with Crippen molar-refractivity contribution in [3.05, 3.63) is 12.7 Å². The first-order valence-electron chi connectivity index (χ1n) is 4.44. The highest BCUT2D eigenvalue weighted by Crippen LogP contribution is 2.55. The average Bonchev–Trinajstić information content (AvgIpc) is 2.13. The molecule has 0 saturated carbocycles. The molecule has 3 nitrogen and oxygen atoms in total. The molecule has 0 aromatic heterocycles. The molecular formula is C8H17N2OPS2. The highest BCUT2D eigenvalue weighted by atomic mass is 32.9. The van der Waals surface area contributed by atoms with Gasteiger partial charge < -0.3 is 9.61 Å². The van der Waals surface area contributed by atoms with E-state index in [-0.39, 0.29) is 0 Å². The van der Waals surface area contributed by atoms with Gasteiger partial charge in [-0.2, -0.15) is 0 Å². The van der Waals surface area contributed by atoms with Crippen LogP contribution < -0.4 is 5.09 Å². The van der Waals surface area contributed by atoms with Crippen LogP contribution in [-0.2, 0) is 16.3 Å². The molecular weight excluding hydrogens is 235 g/mol. The molecule has 14 heavy (non-hydrogen) atoms. The van der Waals surface area contributed by atoms with Crippen molar-refractivity contribution in [1.82, 2.24) is 5.09 Å². The van der Waals surface area contributed by atoms with Crippen molar-refractivity contribution in [3.63, 3.8) is 0 Å². The summed E-state index contributed by atoms with van der Waals surface area (Å²) in [6.45, 7) is 8.81. The number of nitrogens with one attached hydrogen (secondary N) is 1. The lowest BCUT2D eigenvalue weighted by atomic mass is 10.7. The molecule has 1 N–H and O–H groups in total. The minimum absolute atomic E-state index is 0.602. The number of hydrogen-bond acceptors (Lipinski definition) is 4. The number of nitrogens with zero attached hydrogens (tertiary/aromatic N) is 1. The largest absolute Gasteiger partial charge is 0.327 e. The molecule has 0 aromatic carbocycles. The molecule has 82 valence electrons. The lowest BCUT2D eigenvalue weighted by molar-refractivity contribution is 0.383. The molecule has 0 aliphatic heterocycles. The van der Waals surface area contributed by atoms with Crippen LogP contribution in [0, 0.1) is 0 Å². The van der Waals surface area contributed by atoms with Gasteiger partial charge in [-0.25, -0.2) is 0 Å². The Kier molecular flexibility index (Phi) is 8.58. The van der Waals surface area contributed by atoms with Crippen molar-refractivity contribution >= 4 is 35.1 Å². The second kappa shape index (κ2) is 8.48. The monoisotopic (exact) mass is 252 g/mol. The van der Waals surface area contributed by atoms with E-state index in [4.69, 9.17) is 16.3 Å². The van der Waals surface area contributed by atoms with Gasteiger partial charge in [0.1, 0.15) is 0 Å². The predicted octanol–water partition coefficient (Wildman–Crippen LogP) is 2.80. The molecule has 0 amide bonds. The molecule has 0 aliphatic rings. The minimum atomic E-state index is -1.94. The predicted molar refractivity (Wildman–Crippen MR) is 70.7 cm³/mol. The van der Waals surface area contributed by atoms with Gasteiger partial charge >= 0.3 is 0 Å². The molecule has 1 unspecified atom stereocenters. The Morgan fingerprint density at radius 2 is 2.36 bits per heavy atom. The van der Waals surface area contributed by atoms with Crippen LogP contribution in [0.1, 0.15) is 13.8 Å². The third kappa shape index (κ3) is 6.60. The first-order chi connectivity index (χ1) is 6.68. The van der Waals surface area contributed by atoms with E-state index in [1.54, 1.807) is 23.8 Å². The van der Waals surface area contributed by atoms with E-state index in [1.165, 1.54) is 0 Å². The summed E-state index contributed by atoms with van der Waals surface area (Å²) in [6, 6.07) is 0. The molecule has 1 atom stereocenters. The minimum Gasteiger partial charge on any atom is -0.327 e. The molecule has 0 fully saturated rings. The fourth-order valence-electron chi connectivity index (χ4n) is 0.690. The van der Waals surface area contributed by atoms with E-state index in [2.05, 4.69) is 23.6 Å². The van der Waals surface area contributed by atoms with Crippen molar-refractivity contribution < 1.29 is 4.52 Å². The summed E-state index contributed by atoms with van der Waals surface area (Å²) in [5.41, 5.74) is -1.94. The maximum absolute atomic E-state index is 5.51. The lowest BCUT2D eigenvalue weighted by Crippen LogP contribution is -2.08. The molecule has 0 spiro atoms. The summed E-state index contributed by atoms with van der Waals surface area (Å²) in [5, 5.41) is 3.06. The highest BCUT2D eigenvalue weighted by molar-refractivity contribution is 8.68. The topological polar surface area (TPSA) is 33.6 Å². The molecule has 0 saturated heterocycles. The summed E-state index contributed by atoms with van der Waals surface area (Å²) >= 11 is 7.01. The van der Waals surface area contributed by atoms with Gasteiger partial charge in [-0.1, -0.05) is 24.4 Å². The molecule has 0 bridgehead atoms. The van der Waals surface area contributed by atoms with Crippen LogP contribution in [0.15, 0.2) is 17.6 Å². The Hall–Kier alpha value is 0.170. The Morgan fingerprint density at radius 3 is 2.86 bits per heavy atom. The van der Waals surface area contributed by atoms with E-state index in [0.29, 0.717) is 13.2 Å². The summed E-state index contributed by atoms with van der Waals surface area (Å²) in [5.74, 6) is 0.944. The van der Waals surface area contributed by atoms with Crippen LogP contribution in [0.4, 0.5) is 0 Å². The first-order valence-corrected chi connectivity index (χ1v) is 8.75. The van der Waals surface area contributed by atoms with E-state index >= 15 is 0 Å². The Labute approximate surface area is 95.3 Å². The summed E-state index contributed by atoms with van der Waals surface area (Å²) < 4.78 is 5.51. The van der Waals surface area contributed by atoms with Crippen molar-refractivity contribution in [2.45, 2.75) is 13.8 Å². The van der Waals surface area contributed by atoms with Crippen molar-refractivity contribution in [1.29, 1.82) is 0 Å². The highest BCUT2D eigenvalue weighted by Gasteiger charge is 2.14. The SMILES string of the molecule is C=CC/N=C/NP(=S)(OCC)SCC. The fraction of sp³-hybridized carbons (Fsp3) is 0.625. The van der Waals surface area contributed by atoms with Gasteiger partial charge in [0.25, 0.3) is 0 Å². The second-order valence-corrected chi connectivity index (χ2v) is 9.15. The first kappa shape index (κ1) is 14.2. The van der Waals surface area contributed by atoms with Crippen LogP contribution in [0.2, 0.25) is 0 Å². The van der Waals surface area contributed by atoms with Crippen molar-refractivity contribution in [2.24, 2.45) is 4.99 Å². The van der Waals surface area contributed by atoms with Gasteiger partial charge in [-0.05, 0) is 24.5 Å². The fourth-order valence-corrected chi connectivity index (χ4v) is 5.15. The summed E-state index contributed by atoms with van der Waals surface area (Å²) in [4.78, 5) is 4.05. The van der Waals surface area contributed by atoms with Gasteiger partial charge in [0.2, 0.25) is 5.62 Å². The van der Waals surface area contributed by atoms with Crippen LogP contribution in [-0.4, -0.2) is 25.2 Å². The third-order valence-corrected chi connectivity index (χ3v) is 6.78. The Bertz CT molecular complexity index is 223. The summed E-state index contributed by atoms with van der Waals surface area (Å²) in [6.07, 6.45) is 3.36. The maximum Gasteiger partial charge on any atom is 0.211 e. The number of aliphatic imine (C=N–C) groups is 1. The van der Waals surface area contributed by atoms with E-state index < -0.39 is 5.62 Å². The smallest absolute Gasteiger partial charge is 0.211 e. The molecule has 0 aromatic rings. The van der Waals surface area contributed by atoms with Gasteiger partial charge in [0.15, 0.2) is 0 Å². The zero-order valence-electron chi connectivity index (χ0n) is 8.60. The van der Waals surface area contributed by atoms with E-state index in [1.807, 2.05) is 6.92 Å². The van der Waals surface area contributed by atoms with Gasteiger partial charge in [-0.3, -0.25) is 4.99 Å². The van der Waals surface area contributed by atoms with Crippen LogP contribution in [0.25, 0.3) is 0 Å². The average molecular weight is 252 g/mol. The standard InChI is InChI=1S/C8H17N2OPS2/c1-4-7-9-8-10-12(13,11-5-2)14-6-3/h4,8H,1,5-7H2,2-3H3,(H,9,10,13).